The minimum absolute atomic E-state index is 0.275. The number of benzene rings is 4. The Hall–Kier alpha value is -3.25. The largest absolute Gasteiger partial charge is 0.324 e. The molecular weight excluding hydrogens is 493 g/mol. The van der Waals surface area contributed by atoms with E-state index in [1.807, 2.05) is 36.4 Å². The van der Waals surface area contributed by atoms with Gasteiger partial charge in [0.05, 0.1) is 0 Å². The molecule has 4 aromatic carbocycles. The molecule has 4 aromatic rings. The van der Waals surface area contributed by atoms with Crippen molar-refractivity contribution >= 4 is 34.3 Å². The fraction of sp³-hybridized carbons (Fsp3) is 0.0370. The molecule has 1 N–H and O–H groups in total. The normalized spacial score (nSPS) is 15.6. The number of amidine groups is 2. The highest BCUT2D eigenvalue weighted by Crippen LogP contribution is 2.25. The zero-order valence-corrected chi connectivity index (χ0v) is 18.9. The molecule has 150 valence electrons. The van der Waals surface area contributed by atoms with Crippen LogP contribution in [-0.4, -0.2) is 11.7 Å². The molecule has 0 fully saturated rings. The number of rotatable bonds is 4. The second-order valence-electron chi connectivity index (χ2n) is 7.32. The summed E-state index contributed by atoms with van der Waals surface area (Å²) in [4.78, 5) is 9.82. The van der Waals surface area contributed by atoms with Crippen LogP contribution in [0.3, 0.4) is 0 Å². The van der Waals surface area contributed by atoms with Crippen molar-refractivity contribution in [1.29, 1.82) is 0 Å². The van der Waals surface area contributed by atoms with Crippen molar-refractivity contribution in [1.82, 2.24) is 5.32 Å². The third-order valence-corrected chi connectivity index (χ3v) is 5.87. The van der Waals surface area contributed by atoms with Gasteiger partial charge >= 0.3 is 0 Å². The second kappa shape index (κ2) is 8.86. The number of hydrogen-bond acceptors (Lipinski definition) is 3. The van der Waals surface area contributed by atoms with Gasteiger partial charge in [0.1, 0.15) is 11.7 Å². The second-order valence-corrected chi connectivity index (χ2v) is 8.56. The highest BCUT2D eigenvalue weighted by molar-refractivity contribution is 14.1. The van der Waals surface area contributed by atoms with Crippen molar-refractivity contribution < 1.29 is 0 Å². The Balaban J connectivity index is 1.51. The SMILES string of the molecule is Ic1cccc(-c2ccc(C3=NC(c4ccccc4)N=C(c4ccccc4)N3)cc2)c1. The number of hydrogen-bond donors (Lipinski definition) is 1. The van der Waals surface area contributed by atoms with E-state index in [9.17, 15) is 0 Å². The van der Waals surface area contributed by atoms with E-state index in [1.54, 1.807) is 0 Å². The molecule has 0 saturated heterocycles. The monoisotopic (exact) mass is 513 g/mol. The molecule has 0 bridgehead atoms. The van der Waals surface area contributed by atoms with E-state index < -0.39 is 0 Å². The summed E-state index contributed by atoms with van der Waals surface area (Å²) in [5.74, 6) is 1.66. The summed E-state index contributed by atoms with van der Waals surface area (Å²) < 4.78 is 1.23. The molecule has 0 aliphatic carbocycles. The maximum absolute atomic E-state index is 4.93. The van der Waals surface area contributed by atoms with E-state index in [4.69, 9.17) is 9.98 Å². The predicted molar refractivity (Wildman–Crippen MR) is 136 cm³/mol. The first-order valence-corrected chi connectivity index (χ1v) is 11.2. The fourth-order valence-electron chi connectivity index (χ4n) is 3.60. The van der Waals surface area contributed by atoms with Crippen molar-refractivity contribution in [3.05, 3.63) is 129 Å². The number of aliphatic imine (C=N–C) groups is 2. The van der Waals surface area contributed by atoms with Gasteiger partial charge in [0, 0.05) is 14.7 Å². The molecule has 0 spiro atoms. The predicted octanol–water partition coefficient (Wildman–Crippen LogP) is 6.45. The molecule has 31 heavy (non-hydrogen) atoms. The highest BCUT2D eigenvalue weighted by atomic mass is 127. The van der Waals surface area contributed by atoms with E-state index in [0.717, 1.165) is 28.4 Å². The van der Waals surface area contributed by atoms with E-state index in [1.165, 1.54) is 14.7 Å². The molecule has 1 heterocycles. The van der Waals surface area contributed by atoms with Gasteiger partial charge < -0.3 is 5.32 Å². The van der Waals surface area contributed by atoms with Gasteiger partial charge in [-0.2, -0.15) is 0 Å². The summed E-state index contributed by atoms with van der Waals surface area (Å²) in [6.07, 6.45) is -0.275. The van der Waals surface area contributed by atoms with Crippen LogP contribution in [0.5, 0.6) is 0 Å². The van der Waals surface area contributed by atoms with Crippen molar-refractivity contribution in [2.75, 3.05) is 0 Å². The average Bonchev–Trinajstić information content (AvgIpc) is 2.85. The molecule has 0 radical (unpaired) electrons. The molecule has 1 aliphatic rings. The van der Waals surface area contributed by atoms with Crippen molar-refractivity contribution in [3.8, 4) is 11.1 Å². The Morgan fingerprint density at radius 1 is 0.548 bits per heavy atom. The zero-order valence-electron chi connectivity index (χ0n) is 16.7. The lowest BCUT2D eigenvalue weighted by Crippen LogP contribution is -2.36. The van der Waals surface area contributed by atoms with E-state index in [-0.39, 0.29) is 6.17 Å². The van der Waals surface area contributed by atoms with Gasteiger partial charge in [-0.15, -0.1) is 0 Å². The van der Waals surface area contributed by atoms with Crippen LogP contribution in [-0.2, 0) is 0 Å². The number of nitrogens with one attached hydrogen (secondary N) is 1. The van der Waals surface area contributed by atoms with Gasteiger partial charge in [-0.05, 0) is 51.4 Å². The van der Waals surface area contributed by atoms with Crippen LogP contribution in [0.4, 0.5) is 0 Å². The molecule has 0 aromatic heterocycles. The standard InChI is InChI=1S/C27H20IN3/c28-24-13-7-12-23(18-24)19-14-16-22(17-15-19)27-30-25(20-8-3-1-4-9-20)29-26(31-27)21-10-5-2-6-11-21/h1-18,25H,(H,29,30,31). The molecule has 0 saturated carbocycles. The molecule has 0 amide bonds. The lowest BCUT2D eigenvalue weighted by Gasteiger charge is -2.22. The summed E-state index contributed by atoms with van der Waals surface area (Å²) >= 11 is 2.35. The molecule has 4 heteroatoms. The fourth-order valence-corrected chi connectivity index (χ4v) is 4.15. The maximum atomic E-state index is 4.93. The lowest BCUT2D eigenvalue weighted by atomic mass is 10.0. The van der Waals surface area contributed by atoms with Gasteiger partial charge in [0.15, 0.2) is 6.17 Å². The van der Waals surface area contributed by atoms with Gasteiger partial charge in [0.25, 0.3) is 0 Å². The molecule has 1 unspecified atom stereocenters. The molecule has 1 aliphatic heterocycles. The highest BCUT2D eigenvalue weighted by Gasteiger charge is 2.20. The van der Waals surface area contributed by atoms with Crippen LogP contribution in [0.15, 0.2) is 119 Å². The first kappa shape index (κ1) is 19.7. The van der Waals surface area contributed by atoms with Crippen molar-refractivity contribution in [3.63, 3.8) is 0 Å². The quantitative estimate of drug-likeness (QED) is 0.313. The third kappa shape index (κ3) is 4.44. The Labute approximate surface area is 195 Å². The summed E-state index contributed by atoms with van der Waals surface area (Å²) in [6, 6.07) is 37.5. The minimum Gasteiger partial charge on any atom is -0.324 e. The first-order chi connectivity index (χ1) is 15.3. The van der Waals surface area contributed by atoms with Crippen LogP contribution >= 0.6 is 22.6 Å². The zero-order chi connectivity index (χ0) is 21.0. The van der Waals surface area contributed by atoms with Crippen LogP contribution in [0.25, 0.3) is 11.1 Å². The minimum atomic E-state index is -0.275. The van der Waals surface area contributed by atoms with Gasteiger partial charge in [0.2, 0.25) is 0 Å². The van der Waals surface area contributed by atoms with Crippen molar-refractivity contribution in [2.24, 2.45) is 9.98 Å². The summed E-state index contributed by atoms with van der Waals surface area (Å²) in [5.41, 5.74) is 5.57. The number of nitrogens with zero attached hydrogens (tertiary/aromatic N) is 2. The Kier molecular flexibility index (Phi) is 5.63. The topological polar surface area (TPSA) is 36.8 Å². The number of halogens is 1. The van der Waals surface area contributed by atoms with Gasteiger partial charge in [-0.3, -0.25) is 0 Å². The third-order valence-electron chi connectivity index (χ3n) is 5.20. The first-order valence-electron chi connectivity index (χ1n) is 10.2. The molecule has 5 rings (SSSR count). The molecule has 1 atom stereocenters. The van der Waals surface area contributed by atoms with Crippen LogP contribution in [0.1, 0.15) is 22.9 Å². The molecular formula is C27H20IN3. The molecule has 3 nitrogen and oxygen atoms in total. The Morgan fingerprint density at radius 3 is 1.74 bits per heavy atom. The van der Waals surface area contributed by atoms with Crippen LogP contribution in [0, 0.1) is 3.57 Å². The lowest BCUT2D eigenvalue weighted by molar-refractivity contribution is 0.756. The Bertz CT molecular complexity index is 1250. The van der Waals surface area contributed by atoms with E-state index >= 15 is 0 Å². The van der Waals surface area contributed by atoms with Gasteiger partial charge in [-0.25, -0.2) is 9.98 Å². The average molecular weight is 513 g/mol. The van der Waals surface area contributed by atoms with Crippen molar-refractivity contribution in [2.45, 2.75) is 6.17 Å². The smallest absolute Gasteiger partial charge is 0.169 e. The van der Waals surface area contributed by atoms with E-state index in [0.29, 0.717) is 0 Å². The van der Waals surface area contributed by atoms with Crippen LogP contribution < -0.4 is 5.32 Å². The Morgan fingerprint density at radius 2 is 1.10 bits per heavy atom. The van der Waals surface area contributed by atoms with E-state index in [2.05, 4.69) is 101 Å². The van der Waals surface area contributed by atoms with Gasteiger partial charge in [-0.1, -0.05) is 97.1 Å². The van der Waals surface area contributed by atoms with Crippen LogP contribution in [0.2, 0.25) is 0 Å². The summed E-state index contributed by atoms with van der Waals surface area (Å²) in [5, 5.41) is 3.45. The summed E-state index contributed by atoms with van der Waals surface area (Å²) in [6.45, 7) is 0. The maximum Gasteiger partial charge on any atom is 0.169 e. The summed E-state index contributed by atoms with van der Waals surface area (Å²) in [7, 11) is 0.